The summed E-state index contributed by atoms with van der Waals surface area (Å²) in [7, 11) is 1.86. The Kier molecular flexibility index (Phi) is 3.37. The first kappa shape index (κ1) is 11.3. The van der Waals surface area contributed by atoms with Crippen molar-refractivity contribution in [2.75, 3.05) is 12.4 Å². The van der Waals surface area contributed by atoms with Crippen molar-refractivity contribution in [3.63, 3.8) is 0 Å². The van der Waals surface area contributed by atoms with E-state index in [1.54, 1.807) is 17.2 Å². The molecule has 0 spiro atoms. The Balaban J connectivity index is 2.56. The summed E-state index contributed by atoms with van der Waals surface area (Å²) < 4.78 is 2.87. The lowest BCUT2D eigenvalue weighted by Crippen LogP contribution is -2.07. The van der Waals surface area contributed by atoms with E-state index in [0.29, 0.717) is 0 Å². The predicted molar refractivity (Wildman–Crippen MR) is 70.8 cm³/mol. The molecule has 2 aromatic rings. The van der Waals surface area contributed by atoms with Crippen LogP contribution in [-0.2, 0) is 6.42 Å². The lowest BCUT2D eigenvalue weighted by atomic mass is 10.2. The largest absolute Gasteiger partial charge is 0.373 e. The van der Waals surface area contributed by atoms with Gasteiger partial charge in [0, 0.05) is 18.8 Å². The summed E-state index contributed by atoms with van der Waals surface area (Å²) >= 11 is 2.23. The van der Waals surface area contributed by atoms with E-state index in [2.05, 4.69) is 49.9 Å². The first-order chi connectivity index (χ1) is 7.76. The number of anilines is 1. The van der Waals surface area contributed by atoms with E-state index in [-0.39, 0.29) is 0 Å². The van der Waals surface area contributed by atoms with Crippen molar-refractivity contribution in [3.05, 3.63) is 27.9 Å². The molecule has 2 heterocycles. The molecule has 6 heteroatoms. The average molecular weight is 329 g/mol. The lowest BCUT2D eigenvalue weighted by Gasteiger charge is -2.10. The van der Waals surface area contributed by atoms with Crippen LogP contribution in [0.4, 0.5) is 5.82 Å². The molecule has 1 N–H and O–H groups in total. The quantitative estimate of drug-likeness (QED) is 0.874. The van der Waals surface area contributed by atoms with Crippen molar-refractivity contribution >= 4 is 28.4 Å². The highest BCUT2D eigenvalue weighted by Crippen LogP contribution is 2.19. The highest BCUT2D eigenvalue weighted by molar-refractivity contribution is 14.1. The van der Waals surface area contributed by atoms with Crippen molar-refractivity contribution in [2.45, 2.75) is 13.3 Å². The van der Waals surface area contributed by atoms with Crippen LogP contribution < -0.4 is 5.32 Å². The van der Waals surface area contributed by atoms with Crippen LogP contribution in [0, 0.1) is 3.57 Å². The highest BCUT2D eigenvalue weighted by atomic mass is 127. The van der Waals surface area contributed by atoms with Crippen LogP contribution in [0.15, 0.2) is 18.7 Å². The van der Waals surface area contributed by atoms with E-state index in [9.17, 15) is 0 Å². The Morgan fingerprint density at radius 3 is 2.81 bits per heavy atom. The molecule has 2 aromatic heterocycles. The number of halogens is 1. The molecule has 0 radical (unpaired) electrons. The first-order valence-electron chi connectivity index (χ1n) is 4.98. The summed E-state index contributed by atoms with van der Waals surface area (Å²) in [6.07, 6.45) is 6.17. The molecule has 0 saturated carbocycles. The maximum Gasteiger partial charge on any atom is 0.161 e. The molecule has 0 atom stereocenters. The Labute approximate surface area is 107 Å². The summed E-state index contributed by atoms with van der Waals surface area (Å²) in [5, 5.41) is 7.33. The minimum atomic E-state index is 0.838. The van der Waals surface area contributed by atoms with E-state index >= 15 is 0 Å². The van der Waals surface area contributed by atoms with Gasteiger partial charge in [0.1, 0.15) is 12.1 Å². The average Bonchev–Trinajstić information content (AvgIpc) is 2.74. The smallest absolute Gasteiger partial charge is 0.161 e. The number of aromatic nitrogens is 4. The van der Waals surface area contributed by atoms with Crippen molar-refractivity contribution in [1.82, 2.24) is 19.7 Å². The second kappa shape index (κ2) is 4.77. The molecule has 0 amide bonds. The second-order valence-corrected chi connectivity index (χ2v) is 4.48. The Morgan fingerprint density at radius 2 is 2.25 bits per heavy atom. The van der Waals surface area contributed by atoms with Crippen LogP contribution in [0.25, 0.3) is 5.82 Å². The molecule has 0 saturated heterocycles. The third kappa shape index (κ3) is 2.01. The van der Waals surface area contributed by atoms with Gasteiger partial charge in [-0.2, -0.15) is 5.10 Å². The molecule has 0 unspecified atom stereocenters. The first-order valence-corrected chi connectivity index (χ1v) is 6.06. The van der Waals surface area contributed by atoms with E-state index in [4.69, 9.17) is 0 Å². The number of nitrogens with zero attached hydrogens (tertiary/aromatic N) is 4. The zero-order valence-corrected chi connectivity index (χ0v) is 11.3. The molecule has 5 nitrogen and oxygen atoms in total. The maximum absolute atomic E-state index is 4.29. The Hall–Kier alpha value is -1.18. The molecule has 0 aliphatic carbocycles. The van der Waals surface area contributed by atoms with Crippen molar-refractivity contribution < 1.29 is 0 Å². The summed E-state index contributed by atoms with van der Waals surface area (Å²) in [5.41, 5.74) is 1.07. The zero-order valence-electron chi connectivity index (χ0n) is 9.11. The van der Waals surface area contributed by atoms with Gasteiger partial charge in [-0.25, -0.2) is 14.6 Å². The van der Waals surface area contributed by atoms with Gasteiger partial charge in [-0.05, 0) is 29.0 Å². The van der Waals surface area contributed by atoms with Gasteiger partial charge in [-0.15, -0.1) is 0 Å². The van der Waals surface area contributed by atoms with Gasteiger partial charge in [-0.1, -0.05) is 6.92 Å². The fourth-order valence-corrected chi connectivity index (χ4v) is 1.95. The van der Waals surface area contributed by atoms with Crippen LogP contribution in [0.2, 0.25) is 0 Å². The molecule has 84 valence electrons. The summed E-state index contributed by atoms with van der Waals surface area (Å²) in [6.45, 7) is 2.08. The summed E-state index contributed by atoms with van der Waals surface area (Å²) in [5.74, 6) is 1.70. The molecule has 0 aliphatic heterocycles. The molecule has 0 aromatic carbocycles. The Bertz CT molecular complexity index is 494. The molecule has 0 aliphatic rings. The Morgan fingerprint density at radius 1 is 1.44 bits per heavy atom. The molecule has 2 rings (SSSR count). The summed E-state index contributed by atoms with van der Waals surface area (Å²) in [4.78, 5) is 8.48. The van der Waals surface area contributed by atoms with Crippen molar-refractivity contribution in [1.29, 1.82) is 0 Å². The fourth-order valence-electron chi connectivity index (χ4n) is 1.56. The molecular weight excluding hydrogens is 317 g/mol. The molecule has 0 bridgehead atoms. The van der Waals surface area contributed by atoms with Gasteiger partial charge in [0.15, 0.2) is 5.82 Å². The van der Waals surface area contributed by atoms with Crippen molar-refractivity contribution in [2.24, 2.45) is 0 Å². The number of nitrogens with one attached hydrogen (secondary N) is 1. The van der Waals surface area contributed by atoms with E-state index in [0.717, 1.165) is 27.2 Å². The summed E-state index contributed by atoms with van der Waals surface area (Å²) in [6, 6.07) is 0. The monoisotopic (exact) mass is 329 g/mol. The van der Waals surface area contributed by atoms with Gasteiger partial charge in [0.2, 0.25) is 0 Å². The minimum Gasteiger partial charge on any atom is -0.373 e. The van der Waals surface area contributed by atoms with Crippen LogP contribution >= 0.6 is 22.6 Å². The fraction of sp³-hybridized carbons (Fsp3) is 0.300. The van der Waals surface area contributed by atoms with Crippen LogP contribution in [0.3, 0.4) is 0 Å². The topological polar surface area (TPSA) is 55.6 Å². The number of hydrogen-bond donors (Lipinski definition) is 1. The normalized spacial score (nSPS) is 10.4. The number of hydrogen-bond acceptors (Lipinski definition) is 4. The second-order valence-electron chi connectivity index (χ2n) is 3.23. The van der Waals surface area contributed by atoms with Crippen LogP contribution in [-0.4, -0.2) is 26.8 Å². The molecule has 16 heavy (non-hydrogen) atoms. The third-order valence-electron chi connectivity index (χ3n) is 2.28. The van der Waals surface area contributed by atoms with E-state index < -0.39 is 0 Å². The van der Waals surface area contributed by atoms with E-state index in [1.165, 1.54) is 0 Å². The lowest BCUT2D eigenvalue weighted by molar-refractivity contribution is 0.819. The zero-order chi connectivity index (χ0) is 11.5. The maximum atomic E-state index is 4.29. The minimum absolute atomic E-state index is 0.838. The van der Waals surface area contributed by atoms with Gasteiger partial charge >= 0.3 is 0 Å². The molecular formula is C10H12IN5. The molecule has 0 fully saturated rings. The van der Waals surface area contributed by atoms with Gasteiger partial charge in [-0.3, -0.25) is 0 Å². The highest BCUT2D eigenvalue weighted by Gasteiger charge is 2.10. The van der Waals surface area contributed by atoms with Gasteiger partial charge in [0.05, 0.1) is 9.77 Å². The van der Waals surface area contributed by atoms with Gasteiger partial charge < -0.3 is 5.32 Å². The van der Waals surface area contributed by atoms with Gasteiger partial charge in [0.25, 0.3) is 0 Å². The number of rotatable bonds is 3. The van der Waals surface area contributed by atoms with Crippen molar-refractivity contribution in [3.8, 4) is 5.82 Å². The third-order valence-corrected chi connectivity index (χ3v) is 2.84. The predicted octanol–water partition coefficient (Wildman–Crippen LogP) is 1.87. The van der Waals surface area contributed by atoms with Crippen LogP contribution in [0.1, 0.15) is 12.5 Å². The van der Waals surface area contributed by atoms with E-state index in [1.807, 2.05) is 13.2 Å². The SMILES string of the molecule is CCc1c(NC)ncnc1-n1cc(I)cn1. The standard InChI is InChI=1S/C10H12IN5/c1-3-8-9(12-2)13-6-14-10(8)16-5-7(11)4-15-16/h4-6H,3H2,1-2H3,(H,12,13,14). The van der Waals surface area contributed by atoms with Crippen LogP contribution in [0.5, 0.6) is 0 Å².